The maximum atomic E-state index is 11.7. The highest BCUT2D eigenvalue weighted by atomic mass is 35.5. The molecule has 0 aliphatic rings. The Morgan fingerprint density at radius 3 is 2.83 bits per heavy atom. The van der Waals surface area contributed by atoms with Crippen LogP contribution in [-0.4, -0.2) is 26.0 Å². The van der Waals surface area contributed by atoms with Gasteiger partial charge in [0.2, 0.25) is 5.91 Å². The number of rotatable bonds is 7. The minimum Gasteiger partial charge on any atom is -0.337 e. The van der Waals surface area contributed by atoms with Crippen LogP contribution < -0.4 is 10.2 Å². The molecule has 1 aromatic carbocycles. The average molecular weight is 270 g/mol. The Morgan fingerprint density at radius 2 is 2.17 bits per heavy atom. The highest BCUT2D eigenvalue weighted by molar-refractivity contribution is 6.30. The lowest BCUT2D eigenvalue weighted by molar-refractivity contribution is -0.879. The standard InChI is InChI=1S/C14H21ClN2O/c1-3-4-9-17(2)10-8-14(18)16-13-7-5-6-12(15)11-13/h5-7,11H,3-4,8-10H2,1-2H3,(H,16,18)/p+1. The van der Waals surface area contributed by atoms with E-state index < -0.39 is 0 Å². The van der Waals surface area contributed by atoms with Gasteiger partial charge in [-0.15, -0.1) is 0 Å². The van der Waals surface area contributed by atoms with Crippen molar-refractivity contribution in [3.63, 3.8) is 0 Å². The minimum atomic E-state index is 0.0492. The van der Waals surface area contributed by atoms with E-state index >= 15 is 0 Å². The van der Waals surface area contributed by atoms with Gasteiger partial charge in [0.15, 0.2) is 0 Å². The number of halogens is 1. The quantitative estimate of drug-likeness (QED) is 0.780. The van der Waals surface area contributed by atoms with Crippen molar-refractivity contribution in [3.05, 3.63) is 29.3 Å². The Balaban J connectivity index is 2.29. The Labute approximate surface area is 114 Å². The largest absolute Gasteiger partial charge is 0.337 e. The molecular weight excluding hydrogens is 248 g/mol. The van der Waals surface area contributed by atoms with E-state index in [1.165, 1.54) is 17.7 Å². The number of hydrogen-bond acceptors (Lipinski definition) is 1. The lowest BCUT2D eigenvalue weighted by Crippen LogP contribution is -3.09. The monoisotopic (exact) mass is 269 g/mol. The summed E-state index contributed by atoms with van der Waals surface area (Å²) in [5, 5.41) is 3.49. The van der Waals surface area contributed by atoms with Gasteiger partial charge in [0.05, 0.1) is 26.6 Å². The van der Waals surface area contributed by atoms with E-state index in [4.69, 9.17) is 11.6 Å². The van der Waals surface area contributed by atoms with Crippen LogP contribution in [0.25, 0.3) is 0 Å². The molecule has 100 valence electrons. The molecule has 0 saturated heterocycles. The van der Waals surface area contributed by atoms with Gasteiger partial charge in [0.25, 0.3) is 0 Å². The van der Waals surface area contributed by atoms with Crippen LogP contribution in [0.4, 0.5) is 5.69 Å². The first-order chi connectivity index (χ1) is 8.61. The molecule has 0 bridgehead atoms. The molecule has 2 N–H and O–H groups in total. The Hall–Kier alpha value is -1.06. The average Bonchev–Trinajstić information content (AvgIpc) is 2.34. The van der Waals surface area contributed by atoms with E-state index in [0.717, 1.165) is 18.8 Å². The predicted molar refractivity (Wildman–Crippen MR) is 76.2 cm³/mol. The second-order valence-corrected chi connectivity index (χ2v) is 5.06. The van der Waals surface area contributed by atoms with Crippen LogP contribution in [0.2, 0.25) is 5.02 Å². The summed E-state index contributed by atoms with van der Waals surface area (Å²) in [7, 11) is 2.13. The van der Waals surface area contributed by atoms with Crippen molar-refractivity contribution >= 4 is 23.2 Å². The SMILES string of the molecule is CCCC[NH+](C)CCC(=O)Nc1cccc(Cl)c1. The van der Waals surface area contributed by atoms with Gasteiger partial charge in [-0.1, -0.05) is 31.0 Å². The second-order valence-electron chi connectivity index (χ2n) is 4.62. The van der Waals surface area contributed by atoms with Crippen molar-refractivity contribution in [2.45, 2.75) is 26.2 Å². The highest BCUT2D eigenvalue weighted by Crippen LogP contribution is 2.14. The first kappa shape index (κ1) is 15.0. The number of nitrogens with one attached hydrogen (secondary N) is 2. The number of anilines is 1. The molecule has 4 heteroatoms. The van der Waals surface area contributed by atoms with Crippen LogP contribution in [0.1, 0.15) is 26.2 Å². The van der Waals surface area contributed by atoms with Gasteiger partial charge in [0, 0.05) is 10.7 Å². The number of benzene rings is 1. The summed E-state index contributed by atoms with van der Waals surface area (Å²) in [5.41, 5.74) is 0.763. The zero-order chi connectivity index (χ0) is 13.4. The van der Waals surface area contributed by atoms with Crippen molar-refractivity contribution in [3.8, 4) is 0 Å². The van der Waals surface area contributed by atoms with Gasteiger partial charge in [-0.2, -0.15) is 0 Å². The molecule has 18 heavy (non-hydrogen) atoms. The third-order valence-corrected chi connectivity index (χ3v) is 3.08. The maximum absolute atomic E-state index is 11.7. The lowest BCUT2D eigenvalue weighted by Gasteiger charge is -2.13. The van der Waals surface area contributed by atoms with Gasteiger partial charge in [-0.3, -0.25) is 4.79 Å². The van der Waals surface area contributed by atoms with Crippen molar-refractivity contribution in [2.75, 3.05) is 25.5 Å². The van der Waals surface area contributed by atoms with E-state index in [2.05, 4.69) is 19.3 Å². The van der Waals surface area contributed by atoms with Crippen LogP contribution in [0, 0.1) is 0 Å². The van der Waals surface area contributed by atoms with E-state index in [9.17, 15) is 4.79 Å². The summed E-state index contributed by atoms with van der Waals surface area (Å²) in [4.78, 5) is 13.1. The number of carbonyl (C=O) groups excluding carboxylic acids is 1. The molecule has 1 unspecified atom stereocenters. The van der Waals surface area contributed by atoms with Crippen molar-refractivity contribution in [1.82, 2.24) is 0 Å². The molecular formula is C14H22ClN2O+. The molecule has 0 saturated carbocycles. The van der Waals surface area contributed by atoms with Crippen LogP contribution in [0.3, 0.4) is 0 Å². The molecule has 1 amide bonds. The van der Waals surface area contributed by atoms with Gasteiger partial charge >= 0.3 is 0 Å². The van der Waals surface area contributed by atoms with E-state index in [0.29, 0.717) is 11.4 Å². The summed E-state index contributed by atoms with van der Waals surface area (Å²) in [6.45, 7) is 4.17. The van der Waals surface area contributed by atoms with Gasteiger partial charge < -0.3 is 10.2 Å². The summed E-state index contributed by atoms with van der Waals surface area (Å²) in [6.07, 6.45) is 2.95. The van der Waals surface area contributed by atoms with Crippen LogP contribution in [0.5, 0.6) is 0 Å². The van der Waals surface area contributed by atoms with Gasteiger partial charge in [-0.25, -0.2) is 0 Å². The predicted octanol–water partition coefficient (Wildman–Crippen LogP) is 1.98. The van der Waals surface area contributed by atoms with E-state index in [-0.39, 0.29) is 5.91 Å². The Bertz CT molecular complexity index is 382. The van der Waals surface area contributed by atoms with Crippen molar-refractivity contribution < 1.29 is 9.69 Å². The smallest absolute Gasteiger partial charge is 0.230 e. The van der Waals surface area contributed by atoms with Gasteiger partial charge in [0.1, 0.15) is 0 Å². The number of quaternary nitrogens is 1. The zero-order valence-corrected chi connectivity index (χ0v) is 11.9. The van der Waals surface area contributed by atoms with Crippen molar-refractivity contribution in [1.29, 1.82) is 0 Å². The summed E-state index contributed by atoms with van der Waals surface area (Å²) >= 11 is 5.86. The Morgan fingerprint density at radius 1 is 1.39 bits per heavy atom. The molecule has 1 atom stereocenters. The molecule has 0 radical (unpaired) electrons. The first-order valence-electron chi connectivity index (χ1n) is 6.48. The van der Waals surface area contributed by atoms with Crippen LogP contribution in [0.15, 0.2) is 24.3 Å². The van der Waals surface area contributed by atoms with E-state index in [1.807, 2.05) is 12.1 Å². The third kappa shape index (κ3) is 6.03. The summed E-state index contributed by atoms with van der Waals surface area (Å²) in [5.74, 6) is 0.0492. The third-order valence-electron chi connectivity index (χ3n) is 2.84. The molecule has 0 aliphatic heterocycles. The molecule has 0 aromatic heterocycles. The van der Waals surface area contributed by atoms with Crippen LogP contribution >= 0.6 is 11.6 Å². The fourth-order valence-electron chi connectivity index (χ4n) is 1.72. The molecule has 1 aromatic rings. The highest BCUT2D eigenvalue weighted by Gasteiger charge is 2.07. The van der Waals surface area contributed by atoms with Crippen LogP contribution in [-0.2, 0) is 4.79 Å². The molecule has 0 heterocycles. The van der Waals surface area contributed by atoms with Gasteiger partial charge in [-0.05, 0) is 24.6 Å². The molecule has 3 nitrogen and oxygen atoms in total. The maximum Gasteiger partial charge on any atom is 0.230 e. The lowest BCUT2D eigenvalue weighted by atomic mass is 10.3. The summed E-state index contributed by atoms with van der Waals surface area (Å²) in [6, 6.07) is 7.22. The number of carbonyl (C=O) groups is 1. The number of hydrogen-bond donors (Lipinski definition) is 2. The fraction of sp³-hybridized carbons (Fsp3) is 0.500. The molecule has 0 aliphatic carbocycles. The number of amides is 1. The topological polar surface area (TPSA) is 33.5 Å². The van der Waals surface area contributed by atoms with Crippen molar-refractivity contribution in [2.24, 2.45) is 0 Å². The number of unbranched alkanes of at least 4 members (excludes halogenated alkanes) is 1. The fourth-order valence-corrected chi connectivity index (χ4v) is 1.91. The first-order valence-corrected chi connectivity index (χ1v) is 6.86. The minimum absolute atomic E-state index is 0.0492. The zero-order valence-electron chi connectivity index (χ0n) is 11.1. The molecule has 0 spiro atoms. The van der Waals surface area contributed by atoms with E-state index in [1.54, 1.807) is 12.1 Å². The second kappa shape index (κ2) is 8.11. The normalized spacial score (nSPS) is 12.2. The molecule has 0 fully saturated rings. The Kier molecular flexibility index (Phi) is 6.76. The molecule has 1 rings (SSSR count). The summed E-state index contributed by atoms with van der Waals surface area (Å²) < 4.78 is 0.